The third-order valence-electron chi connectivity index (χ3n) is 3.04. The van der Waals surface area contributed by atoms with E-state index in [9.17, 15) is 4.79 Å². The van der Waals surface area contributed by atoms with Crippen LogP contribution in [0, 0.1) is 0 Å². The number of benzene rings is 1. The van der Waals surface area contributed by atoms with Crippen molar-refractivity contribution in [2.45, 2.75) is 33.2 Å². The van der Waals surface area contributed by atoms with Gasteiger partial charge in [0.25, 0.3) is 0 Å². The zero-order chi connectivity index (χ0) is 16.5. The average molecular weight is 374 g/mol. The number of carbonyl (C=O) groups is 1. The molecule has 1 N–H and O–H groups in total. The lowest BCUT2D eigenvalue weighted by Gasteiger charge is -2.21. The van der Waals surface area contributed by atoms with Gasteiger partial charge < -0.3 is 14.6 Å². The standard InChI is InChI=1S/C16H24BrNO4/c1-4-6-18(11-15(19)20)10-12-8-13(17)16(22-7-5-2)14(9-12)21-3/h8-9H,4-7,10-11H2,1-3H3,(H,19,20). The molecule has 0 amide bonds. The Labute approximate surface area is 140 Å². The lowest BCUT2D eigenvalue weighted by atomic mass is 10.1. The Hall–Kier alpha value is -1.27. The van der Waals surface area contributed by atoms with Crippen LogP contribution in [-0.4, -0.2) is 42.8 Å². The first kappa shape index (κ1) is 18.8. The molecule has 0 aliphatic heterocycles. The van der Waals surface area contributed by atoms with Gasteiger partial charge in [-0.05, 0) is 53.0 Å². The number of methoxy groups -OCH3 is 1. The second-order valence-electron chi connectivity index (χ2n) is 5.06. The van der Waals surface area contributed by atoms with Crippen LogP contribution < -0.4 is 9.47 Å². The van der Waals surface area contributed by atoms with E-state index in [4.69, 9.17) is 14.6 Å². The molecule has 0 saturated carbocycles. The lowest BCUT2D eigenvalue weighted by molar-refractivity contribution is -0.138. The number of hydrogen-bond acceptors (Lipinski definition) is 4. The maximum absolute atomic E-state index is 10.9. The van der Waals surface area contributed by atoms with Gasteiger partial charge in [0.2, 0.25) is 0 Å². The zero-order valence-electron chi connectivity index (χ0n) is 13.4. The first-order chi connectivity index (χ1) is 10.5. The van der Waals surface area contributed by atoms with E-state index in [0.29, 0.717) is 24.7 Å². The molecule has 0 unspecified atom stereocenters. The first-order valence-electron chi connectivity index (χ1n) is 7.45. The van der Waals surface area contributed by atoms with Crippen LogP contribution in [-0.2, 0) is 11.3 Å². The average Bonchev–Trinajstić information content (AvgIpc) is 2.45. The van der Waals surface area contributed by atoms with Crippen molar-refractivity contribution < 1.29 is 19.4 Å². The van der Waals surface area contributed by atoms with Crippen LogP contribution in [0.3, 0.4) is 0 Å². The molecule has 0 radical (unpaired) electrons. The predicted octanol–water partition coefficient (Wildman–Crippen LogP) is 3.54. The predicted molar refractivity (Wildman–Crippen MR) is 89.7 cm³/mol. The maximum Gasteiger partial charge on any atom is 0.317 e. The van der Waals surface area contributed by atoms with Crippen LogP contribution in [0.2, 0.25) is 0 Å². The highest BCUT2D eigenvalue weighted by Crippen LogP contribution is 2.37. The highest BCUT2D eigenvalue weighted by molar-refractivity contribution is 9.10. The molecule has 1 aromatic carbocycles. The number of carboxylic acids is 1. The summed E-state index contributed by atoms with van der Waals surface area (Å²) in [5.74, 6) is 0.528. The Bertz CT molecular complexity index is 493. The second-order valence-corrected chi connectivity index (χ2v) is 5.92. The third kappa shape index (κ3) is 5.85. The molecule has 0 spiro atoms. The topological polar surface area (TPSA) is 59.0 Å². The normalized spacial score (nSPS) is 10.8. The molecular formula is C16H24BrNO4. The molecule has 0 aliphatic carbocycles. The minimum absolute atomic E-state index is 0.0296. The maximum atomic E-state index is 10.9. The second kappa shape index (κ2) is 9.69. The van der Waals surface area contributed by atoms with Crippen LogP contribution in [0.15, 0.2) is 16.6 Å². The van der Waals surface area contributed by atoms with Gasteiger partial charge in [-0.1, -0.05) is 13.8 Å². The molecule has 0 heterocycles. The van der Waals surface area contributed by atoms with Gasteiger partial charge in [-0.2, -0.15) is 0 Å². The Morgan fingerprint density at radius 1 is 1.32 bits per heavy atom. The van der Waals surface area contributed by atoms with Gasteiger partial charge >= 0.3 is 5.97 Å². The van der Waals surface area contributed by atoms with Crippen molar-refractivity contribution in [1.29, 1.82) is 0 Å². The Balaban J connectivity index is 2.94. The Kier molecular flexibility index (Phi) is 8.27. The first-order valence-corrected chi connectivity index (χ1v) is 8.24. The van der Waals surface area contributed by atoms with Gasteiger partial charge in [0.15, 0.2) is 11.5 Å². The number of hydrogen-bond donors (Lipinski definition) is 1. The number of aliphatic carboxylic acids is 1. The van der Waals surface area contributed by atoms with E-state index >= 15 is 0 Å². The minimum Gasteiger partial charge on any atom is -0.493 e. The third-order valence-corrected chi connectivity index (χ3v) is 3.63. The largest absolute Gasteiger partial charge is 0.493 e. The van der Waals surface area contributed by atoms with Gasteiger partial charge in [-0.25, -0.2) is 0 Å². The molecule has 0 aliphatic rings. The van der Waals surface area contributed by atoms with Crippen LogP contribution in [0.25, 0.3) is 0 Å². The fourth-order valence-electron chi connectivity index (χ4n) is 2.19. The molecule has 0 atom stereocenters. The SMILES string of the molecule is CCCOc1c(Br)cc(CN(CCC)CC(=O)O)cc1OC. The Morgan fingerprint density at radius 3 is 2.59 bits per heavy atom. The monoisotopic (exact) mass is 373 g/mol. The smallest absolute Gasteiger partial charge is 0.317 e. The number of rotatable bonds is 10. The fraction of sp³-hybridized carbons (Fsp3) is 0.562. The van der Waals surface area contributed by atoms with E-state index in [1.54, 1.807) is 7.11 Å². The van der Waals surface area contributed by atoms with E-state index in [0.717, 1.165) is 29.4 Å². The van der Waals surface area contributed by atoms with Gasteiger partial charge in [0.1, 0.15) is 0 Å². The molecule has 0 bridgehead atoms. The number of ether oxygens (including phenoxy) is 2. The molecule has 22 heavy (non-hydrogen) atoms. The van der Waals surface area contributed by atoms with Gasteiger partial charge in [-0.15, -0.1) is 0 Å². The molecule has 1 aromatic rings. The van der Waals surface area contributed by atoms with Crippen LogP contribution in [0.4, 0.5) is 0 Å². The highest BCUT2D eigenvalue weighted by Gasteiger charge is 2.15. The zero-order valence-corrected chi connectivity index (χ0v) is 15.0. The molecule has 1 rings (SSSR count). The summed E-state index contributed by atoms with van der Waals surface area (Å²) in [4.78, 5) is 12.8. The summed E-state index contributed by atoms with van der Waals surface area (Å²) in [5.41, 5.74) is 0.988. The molecule has 124 valence electrons. The highest BCUT2D eigenvalue weighted by atomic mass is 79.9. The Morgan fingerprint density at radius 2 is 2.05 bits per heavy atom. The number of nitrogens with zero attached hydrogens (tertiary/aromatic N) is 1. The summed E-state index contributed by atoms with van der Waals surface area (Å²) in [7, 11) is 1.60. The quantitative estimate of drug-likeness (QED) is 0.679. The van der Waals surface area contributed by atoms with E-state index in [1.165, 1.54) is 0 Å². The summed E-state index contributed by atoms with van der Waals surface area (Å²) in [6.07, 6.45) is 1.82. The van der Waals surface area contributed by atoms with Crippen LogP contribution in [0.5, 0.6) is 11.5 Å². The van der Waals surface area contributed by atoms with Gasteiger partial charge in [0, 0.05) is 6.54 Å². The van der Waals surface area contributed by atoms with Crippen molar-refractivity contribution in [3.8, 4) is 11.5 Å². The lowest BCUT2D eigenvalue weighted by Crippen LogP contribution is -2.30. The fourth-order valence-corrected chi connectivity index (χ4v) is 2.79. The van der Waals surface area contributed by atoms with Crippen molar-refractivity contribution in [3.63, 3.8) is 0 Å². The van der Waals surface area contributed by atoms with Crippen molar-refractivity contribution in [2.75, 3.05) is 26.8 Å². The van der Waals surface area contributed by atoms with E-state index in [1.807, 2.05) is 30.9 Å². The summed E-state index contributed by atoms with van der Waals surface area (Å²) in [6, 6.07) is 3.86. The number of halogens is 1. The van der Waals surface area contributed by atoms with Crippen LogP contribution in [0.1, 0.15) is 32.3 Å². The molecule has 0 saturated heterocycles. The van der Waals surface area contributed by atoms with Gasteiger partial charge in [0.05, 0.1) is 24.7 Å². The van der Waals surface area contributed by atoms with E-state index < -0.39 is 5.97 Å². The molecule has 5 nitrogen and oxygen atoms in total. The van der Waals surface area contributed by atoms with Crippen molar-refractivity contribution in [3.05, 3.63) is 22.2 Å². The molecule has 6 heteroatoms. The van der Waals surface area contributed by atoms with Crippen LogP contribution >= 0.6 is 15.9 Å². The minimum atomic E-state index is -0.817. The summed E-state index contributed by atoms with van der Waals surface area (Å²) in [6.45, 7) is 6.02. The number of carboxylic acid groups (broad SMARTS) is 1. The van der Waals surface area contributed by atoms with E-state index in [-0.39, 0.29) is 6.54 Å². The van der Waals surface area contributed by atoms with Crippen molar-refractivity contribution in [1.82, 2.24) is 4.90 Å². The summed E-state index contributed by atoms with van der Waals surface area (Å²) < 4.78 is 11.9. The molecule has 0 fully saturated rings. The summed E-state index contributed by atoms with van der Waals surface area (Å²) >= 11 is 3.51. The summed E-state index contributed by atoms with van der Waals surface area (Å²) in [5, 5.41) is 8.99. The van der Waals surface area contributed by atoms with Crippen molar-refractivity contribution >= 4 is 21.9 Å². The van der Waals surface area contributed by atoms with Crippen molar-refractivity contribution in [2.24, 2.45) is 0 Å². The van der Waals surface area contributed by atoms with E-state index in [2.05, 4.69) is 15.9 Å². The molecular weight excluding hydrogens is 350 g/mol. The molecule has 0 aromatic heterocycles. The van der Waals surface area contributed by atoms with Gasteiger partial charge in [-0.3, -0.25) is 9.69 Å².